The average Bonchev–Trinajstić information content (AvgIpc) is 2.61. The van der Waals surface area contributed by atoms with Gasteiger partial charge in [0.1, 0.15) is 5.69 Å². The lowest BCUT2D eigenvalue weighted by atomic mass is 9.99. The number of alkyl halides is 6. The fourth-order valence-corrected chi connectivity index (χ4v) is 2.84. The Morgan fingerprint density at radius 3 is 2.36 bits per heavy atom. The molecule has 4 N–H and O–H groups in total. The standard InChI is InChI=1S/C18H21F6N3O/c19-17(20,21)13-6-4-5-11-12(9-15(18(22,23)24)27-16(11)13)14(28)10-26-8-3-1-2-7-25/h4-6,9,14,26,28H,1-3,7-8,10,25H2. The van der Waals surface area contributed by atoms with E-state index in [1.54, 1.807) is 0 Å². The zero-order chi connectivity index (χ0) is 20.9. The summed E-state index contributed by atoms with van der Waals surface area (Å²) in [6, 6.07) is 3.57. The molecule has 0 aliphatic carbocycles. The van der Waals surface area contributed by atoms with Crippen LogP contribution in [0, 0.1) is 0 Å². The number of nitrogens with one attached hydrogen (secondary N) is 1. The molecular weight excluding hydrogens is 388 g/mol. The van der Waals surface area contributed by atoms with E-state index in [-0.39, 0.29) is 17.5 Å². The number of nitrogens with zero attached hydrogens (tertiary/aromatic N) is 1. The maximum absolute atomic E-state index is 13.2. The summed E-state index contributed by atoms with van der Waals surface area (Å²) in [6.45, 7) is 0.947. The van der Waals surface area contributed by atoms with Crippen molar-refractivity contribution >= 4 is 10.9 Å². The third-order valence-electron chi connectivity index (χ3n) is 4.22. The first kappa shape index (κ1) is 22.4. The number of aromatic nitrogens is 1. The number of rotatable bonds is 8. The Kier molecular flexibility index (Phi) is 7.24. The average molecular weight is 409 g/mol. The van der Waals surface area contributed by atoms with Crippen molar-refractivity contribution in [3.05, 3.63) is 41.1 Å². The molecule has 2 aromatic rings. The predicted octanol–water partition coefficient (Wildman–Crippen LogP) is 4.02. The van der Waals surface area contributed by atoms with Gasteiger partial charge < -0.3 is 16.2 Å². The molecule has 0 radical (unpaired) electrons. The van der Waals surface area contributed by atoms with Crippen molar-refractivity contribution in [3.8, 4) is 0 Å². The molecular formula is C18H21F6N3O. The summed E-state index contributed by atoms with van der Waals surface area (Å²) in [7, 11) is 0. The van der Waals surface area contributed by atoms with Crippen LogP contribution in [0.2, 0.25) is 0 Å². The minimum atomic E-state index is -4.95. The Labute approximate surface area is 157 Å². The first-order valence-corrected chi connectivity index (χ1v) is 8.72. The summed E-state index contributed by atoms with van der Waals surface area (Å²) in [5.41, 5.74) is 1.53. The number of pyridine rings is 1. The molecule has 10 heteroatoms. The predicted molar refractivity (Wildman–Crippen MR) is 92.5 cm³/mol. The molecule has 0 spiro atoms. The third kappa shape index (κ3) is 5.55. The number of hydrogen-bond acceptors (Lipinski definition) is 4. The summed E-state index contributed by atoms with van der Waals surface area (Å²) < 4.78 is 79.2. The molecule has 28 heavy (non-hydrogen) atoms. The highest BCUT2D eigenvalue weighted by Crippen LogP contribution is 2.38. The zero-order valence-corrected chi connectivity index (χ0v) is 14.9. The number of hydrogen-bond donors (Lipinski definition) is 3. The quantitative estimate of drug-likeness (QED) is 0.455. The van der Waals surface area contributed by atoms with Gasteiger partial charge in [-0.15, -0.1) is 0 Å². The molecule has 0 saturated carbocycles. The molecule has 0 bridgehead atoms. The number of para-hydroxylation sites is 1. The Morgan fingerprint density at radius 1 is 1.04 bits per heavy atom. The van der Waals surface area contributed by atoms with E-state index in [1.165, 1.54) is 6.07 Å². The summed E-state index contributed by atoms with van der Waals surface area (Å²) >= 11 is 0. The lowest BCUT2D eigenvalue weighted by Crippen LogP contribution is -2.23. The van der Waals surface area contributed by atoms with Gasteiger partial charge >= 0.3 is 12.4 Å². The van der Waals surface area contributed by atoms with E-state index >= 15 is 0 Å². The van der Waals surface area contributed by atoms with Crippen molar-refractivity contribution in [3.63, 3.8) is 0 Å². The van der Waals surface area contributed by atoms with Gasteiger partial charge in [0.25, 0.3) is 0 Å². The van der Waals surface area contributed by atoms with Crippen molar-refractivity contribution in [2.75, 3.05) is 19.6 Å². The van der Waals surface area contributed by atoms with Gasteiger partial charge in [0.2, 0.25) is 0 Å². The van der Waals surface area contributed by atoms with Crippen molar-refractivity contribution in [1.29, 1.82) is 0 Å². The highest BCUT2D eigenvalue weighted by molar-refractivity contribution is 5.86. The van der Waals surface area contributed by atoms with Crippen LogP contribution in [0.25, 0.3) is 10.9 Å². The topological polar surface area (TPSA) is 71.2 Å². The summed E-state index contributed by atoms with van der Waals surface area (Å²) in [5.74, 6) is 0. The fraction of sp³-hybridized carbons (Fsp3) is 0.500. The van der Waals surface area contributed by atoms with Crippen molar-refractivity contribution in [2.24, 2.45) is 5.73 Å². The van der Waals surface area contributed by atoms with Crippen molar-refractivity contribution in [2.45, 2.75) is 37.7 Å². The highest BCUT2D eigenvalue weighted by Gasteiger charge is 2.37. The van der Waals surface area contributed by atoms with Gasteiger partial charge in [-0.2, -0.15) is 26.3 Å². The number of aliphatic hydroxyl groups excluding tert-OH is 1. The molecule has 1 atom stereocenters. The lowest BCUT2D eigenvalue weighted by molar-refractivity contribution is -0.142. The smallest absolute Gasteiger partial charge is 0.387 e. The monoisotopic (exact) mass is 409 g/mol. The zero-order valence-electron chi connectivity index (χ0n) is 14.9. The van der Waals surface area contributed by atoms with E-state index in [0.29, 0.717) is 25.2 Å². The molecule has 0 fully saturated rings. The largest absolute Gasteiger partial charge is 0.433 e. The number of unbranched alkanes of at least 4 members (excludes halogenated alkanes) is 2. The van der Waals surface area contributed by atoms with Crippen LogP contribution >= 0.6 is 0 Å². The molecule has 0 aliphatic heterocycles. The second kappa shape index (κ2) is 9.06. The van der Waals surface area contributed by atoms with Crippen LogP contribution in [-0.2, 0) is 12.4 Å². The maximum atomic E-state index is 13.2. The Balaban J connectivity index is 2.38. The Hall–Kier alpha value is -1.91. The van der Waals surface area contributed by atoms with Crippen LogP contribution in [-0.4, -0.2) is 29.7 Å². The molecule has 0 saturated heterocycles. The molecule has 0 aliphatic rings. The fourth-order valence-electron chi connectivity index (χ4n) is 2.84. The molecule has 156 valence electrons. The minimum absolute atomic E-state index is 0.102. The van der Waals surface area contributed by atoms with Gasteiger partial charge in [0.05, 0.1) is 17.2 Å². The van der Waals surface area contributed by atoms with E-state index in [4.69, 9.17) is 5.73 Å². The summed E-state index contributed by atoms with van der Waals surface area (Å²) in [5, 5.41) is 13.1. The number of halogens is 6. The van der Waals surface area contributed by atoms with Gasteiger partial charge in [0, 0.05) is 11.9 Å². The van der Waals surface area contributed by atoms with Crippen LogP contribution in [0.1, 0.15) is 42.2 Å². The Morgan fingerprint density at radius 2 is 1.75 bits per heavy atom. The van der Waals surface area contributed by atoms with E-state index in [2.05, 4.69) is 10.3 Å². The molecule has 1 heterocycles. The highest BCUT2D eigenvalue weighted by atomic mass is 19.4. The number of aliphatic hydroxyl groups is 1. The SMILES string of the molecule is NCCCCCNCC(O)c1cc(C(F)(F)F)nc2c(C(F)(F)F)cccc12. The summed E-state index contributed by atoms with van der Waals surface area (Å²) in [4.78, 5) is 3.20. The van der Waals surface area contributed by atoms with Gasteiger partial charge in [0.15, 0.2) is 0 Å². The molecule has 0 amide bonds. The van der Waals surface area contributed by atoms with Crippen LogP contribution in [0.4, 0.5) is 26.3 Å². The first-order valence-electron chi connectivity index (χ1n) is 8.72. The maximum Gasteiger partial charge on any atom is 0.433 e. The van der Waals surface area contributed by atoms with E-state index in [1.807, 2.05) is 0 Å². The third-order valence-corrected chi connectivity index (χ3v) is 4.22. The first-order chi connectivity index (χ1) is 13.1. The number of benzene rings is 1. The molecule has 4 nitrogen and oxygen atoms in total. The molecule has 2 rings (SSSR count). The number of fused-ring (bicyclic) bond motifs is 1. The molecule has 1 aromatic carbocycles. The van der Waals surface area contributed by atoms with Gasteiger partial charge in [-0.25, -0.2) is 4.98 Å². The van der Waals surface area contributed by atoms with Gasteiger partial charge in [-0.3, -0.25) is 0 Å². The van der Waals surface area contributed by atoms with Crippen molar-refractivity contribution in [1.82, 2.24) is 10.3 Å². The van der Waals surface area contributed by atoms with Crippen molar-refractivity contribution < 1.29 is 31.4 Å². The van der Waals surface area contributed by atoms with Crippen LogP contribution in [0.3, 0.4) is 0 Å². The van der Waals surface area contributed by atoms with Crippen LogP contribution < -0.4 is 11.1 Å². The second-order valence-electron chi connectivity index (χ2n) is 6.36. The normalized spacial score (nSPS) is 13.9. The van der Waals surface area contributed by atoms with Gasteiger partial charge in [-0.1, -0.05) is 18.6 Å². The van der Waals surface area contributed by atoms with Crippen LogP contribution in [0.15, 0.2) is 24.3 Å². The van der Waals surface area contributed by atoms with E-state index in [9.17, 15) is 31.4 Å². The molecule has 1 aromatic heterocycles. The Bertz CT molecular complexity index is 791. The van der Waals surface area contributed by atoms with E-state index in [0.717, 1.165) is 25.3 Å². The van der Waals surface area contributed by atoms with Gasteiger partial charge in [-0.05, 0) is 43.6 Å². The lowest BCUT2D eigenvalue weighted by Gasteiger charge is -2.19. The summed E-state index contributed by atoms with van der Waals surface area (Å²) in [6.07, 6.45) is -8.81. The second-order valence-corrected chi connectivity index (χ2v) is 6.36. The van der Waals surface area contributed by atoms with E-state index < -0.39 is 35.2 Å². The minimum Gasteiger partial charge on any atom is -0.387 e. The molecule has 1 unspecified atom stereocenters. The number of nitrogens with two attached hydrogens (primary N) is 1. The van der Waals surface area contributed by atoms with Crippen LogP contribution in [0.5, 0.6) is 0 Å².